The van der Waals surface area contributed by atoms with Gasteiger partial charge in [-0.05, 0) is 43.2 Å². The summed E-state index contributed by atoms with van der Waals surface area (Å²) in [4.78, 5) is 11.5. The zero-order chi connectivity index (χ0) is 22.7. The van der Waals surface area contributed by atoms with Crippen molar-refractivity contribution in [2.75, 3.05) is 11.1 Å². The Morgan fingerprint density at radius 2 is 1.94 bits per heavy atom. The van der Waals surface area contributed by atoms with E-state index in [0.29, 0.717) is 23.4 Å². The van der Waals surface area contributed by atoms with Gasteiger partial charge in [-0.25, -0.2) is 9.97 Å². The number of aryl methyl sites for hydroxylation is 1. The number of anilines is 1. The van der Waals surface area contributed by atoms with E-state index in [0.717, 1.165) is 22.2 Å². The lowest BCUT2D eigenvalue weighted by Gasteiger charge is -2.12. The van der Waals surface area contributed by atoms with E-state index in [4.69, 9.17) is 4.18 Å². The van der Waals surface area contributed by atoms with Crippen molar-refractivity contribution >= 4 is 27.0 Å². The van der Waals surface area contributed by atoms with E-state index >= 15 is 0 Å². The average molecular weight is 455 g/mol. The number of fused-ring (bicyclic) bond motifs is 1. The van der Waals surface area contributed by atoms with Crippen molar-refractivity contribution in [2.45, 2.75) is 26.8 Å². The molecule has 0 aliphatic carbocycles. The SMILES string of the molecule is CCS(=O)(=O)Oc1ccccc1CNc1ccc(Cc2c[nH]c3ncc(C)cc23)c(F)n1. The van der Waals surface area contributed by atoms with Crippen LogP contribution in [0, 0.1) is 12.9 Å². The minimum absolute atomic E-state index is 0.130. The second-order valence-corrected chi connectivity index (χ2v) is 9.30. The van der Waals surface area contributed by atoms with E-state index in [2.05, 4.69) is 20.3 Å². The molecule has 9 heteroatoms. The van der Waals surface area contributed by atoms with E-state index in [-0.39, 0.29) is 18.0 Å². The molecule has 4 rings (SSSR count). The summed E-state index contributed by atoms with van der Waals surface area (Å²) in [6, 6.07) is 12.2. The number of hydrogen-bond acceptors (Lipinski definition) is 6. The van der Waals surface area contributed by atoms with Crippen molar-refractivity contribution in [3.05, 3.63) is 83.1 Å². The Morgan fingerprint density at radius 1 is 1.12 bits per heavy atom. The van der Waals surface area contributed by atoms with E-state index in [1.165, 1.54) is 6.92 Å². The maximum Gasteiger partial charge on any atom is 0.308 e. The number of halogens is 1. The minimum atomic E-state index is -3.64. The highest BCUT2D eigenvalue weighted by Gasteiger charge is 2.14. The van der Waals surface area contributed by atoms with Crippen molar-refractivity contribution in [3.63, 3.8) is 0 Å². The Labute approximate surface area is 185 Å². The molecular weight excluding hydrogens is 431 g/mol. The molecule has 166 valence electrons. The van der Waals surface area contributed by atoms with E-state index in [9.17, 15) is 12.8 Å². The number of para-hydroxylation sites is 1. The molecule has 0 saturated heterocycles. The number of aromatic amines is 1. The van der Waals surface area contributed by atoms with Gasteiger partial charge in [-0.15, -0.1) is 0 Å². The second-order valence-electron chi connectivity index (χ2n) is 7.44. The van der Waals surface area contributed by atoms with Gasteiger partial charge in [-0.2, -0.15) is 12.8 Å². The fourth-order valence-electron chi connectivity index (χ4n) is 3.32. The Hall–Kier alpha value is -3.46. The van der Waals surface area contributed by atoms with Gasteiger partial charge in [0.2, 0.25) is 5.95 Å². The van der Waals surface area contributed by atoms with E-state index in [1.54, 1.807) is 42.6 Å². The number of pyridine rings is 2. The monoisotopic (exact) mass is 454 g/mol. The third-order valence-corrected chi connectivity index (χ3v) is 6.20. The van der Waals surface area contributed by atoms with Crippen LogP contribution in [0.15, 0.2) is 54.9 Å². The van der Waals surface area contributed by atoms with Crippen LogP contribution in [0.5, 0.6) is 5.75 Å². The van der Waals surface area contributed by atoms with Crippen LogP contribution in [-0.2, 0) is 23.1 Å². The van der Waals surface area contributed by atoms with Gasteiger partial charge in [0.05, 0.1) is 5.75 Å². The lowest BCUT2D eigenvalue weighted by atomic mass is 10.1. The molecular formula is C23H23FN4O3S. The number of rotatable bonds is 8. The van der Waals surface area contributed by atoms with Gasteiger partial charge >= 0.3 is 10.1 Å². The number of H-pyrrole nitrogens is 1. The lowest BCUT2D eigenvalue weighted by Crippen LogP contribution is -2.13. The predicted octanol–water partition coefficient (Wildman–Crippen LogP) is 4.34. The van der Waals surface area contributed by atoms with Crippen molar-refractivity contribution < 1.29 is 17.0 Å². The zero-order valence-electron chi connectivity index (χ0n) is 17.7. The molecule has 2 N–H and O–H groups in total. The normalized spacial score (nSPS) is 11.6. The fourth-order valence-corrected chi connectivity index (χ4v) is 3.87. The van der Waals surface area contributed by atoms with Gasteiger partial charge in [-0.1, -0.05) is 24.3 Å². The molecule has 0 saturated carbocycles. The molecule has 0 aliphatic rings. The standard InChI is InChI=1S/C23H23FN4O3S/c1-3-32(29,30)31-20-7-5-4-6-17(20)13-25-21-9-8-16(22(24)28-21)11-18-14-27-23-19(18)10-15(2)12-26-23/h4-10,12,14H,3,11,13H2,1-2H3,(H,25,28)(H,26,27). The molecule has 0 fully saturated rings. The summed E-state index contributed by atoms with van der Waals surface area (Å²) in [5.41, 5.74) is 3.84. The first kappa shape index (κ1) is 21.8. The molecule has 0 radical (unpaired) electrons. The highest BCUT2D eigenvalue weighted by atomic mass is 32.2. The van der Waals surface area contributed by atoms with Crippen molar-refractivity contribution in [2.24, 2.45) is 0 Å². The van der Waals surface area contributed by atoms with Crippen LogP contribution in [0.4, 0.5) is 10.2 Å². The van der Waals surface area contributed by atoms with Gasteiger partial charge in [-0.3, -0.25) is 0 Å². The number of aromatic nitrogens is 3. The zero-order valence-corrected chi connectivity index (χ0v) is 18.5. The molecule has 3 aromatic heterocycles. The number of nitrogens with one attached hydrogen (secondary N) is 2. The summed E-state index contributed by atoms with van der Waals surface area (Å²) in [5.74, 6) is -0.115. The molecule has 1 aromatic carbocycles. The smallest absolute Gasteiger partial charge is 0.308 e. The van der Waals surface area contributed by atoms with Crippen LogP contribution in [0.2, 0.25) is 0 Å². The molecule has 0 amide bonds. The summed E-state index contributed by atoms with van der Waals surface area (Å²) in [6.45, 7) is 3.71. The van der Waals surface area contributed by atoms with Crippen LogP contribution in [0.25, 0.3) is 11.0 Å². The quantitative estimate of drug-likeness (QED) is 0.304. The van der Waals surface area contributed by atoms with Crippen LogP contribution in [0.1, 0.15) is 29.2 Å². The maximum atomic E-state index is 14.7. The molecule has 0 atom stereocenters. The second kappa shape index (κ2) is 8.96. The van der Waals surface area contributed by atoms with E-state index in [1.807, 2.05) is 19.2 Å². The molecule has 0 bridgehead atoms. The number of benzene rings is 1. The van der Waals surface area contributed by atoms with Gasteiger partial charge in [0.25, 0.3) is 0 Å². The van der Waals surface area contributed by atoms with E-state index < -0.39 is 16.1 Å². The van der Waals surface area contributed by atoms with Crippen LogP contribution in [-0.4, -0.2) is 29.1 Å². The first-order valence-corrected chi connectivity index (χ1v) is 11.7. The summed E-state index contributed by atoms with van der Waals surface area (Å²) in [5, 5.41) is 3.99. The number of nitrogens with zero attached hydrogens (tertiary/aromatic N) is 2. The Morgan fingerprint density at radius 3 is 2.72 bits per heavy atom. The lowest BCUT2D eigenvalue weighted by molar-refractivity contribution is 0.484. The maximum absolute atomic E-state index is 14.7. The first-order valence-electron chi connectivity index (χ1n) is 10.2. The Kier molecular flexibility index (Phi) is 6.09. The summed E-state index contributed by atoms with van der Waals surface area (Å²) < 4.78 is 43.5. The molecule has 0 unspecified atom stereocenters. The summed E-state index contributed by atoms with van der Waals surface area (Å²) in [7, 11) is -3.64. The van der Waals surface area contributed by atoms with Crippen molar-refractivity contribution in [1.82, 2.24) is 15.0 Å². The predicted molar refractivity (Wildman–Crippen MR) is 122 cm³/mol. The first-order chi connectivity index (χ1) is 15.3. The third kappa shape index (κ3) is 4.88. The minimum Gasteiger partial charge on any atom is -0.382 e. The topological polar surface area (TPSA) is 97.0 Å². The van der Waals surface area contributed by atoms with Gasteiger partial charge in [0.1, 0.15) is 17.2 Å². The van der Waals surface area contributed by atoms with Gasteiger partial charge < -0.3 is 14.5 Å². The molecule has 3 heterocycles. The molecule has 32 heavy (non-hydrogen) atoms. The highest BCUT2D eigenvalue weighted by Crippen LogP contribution is 2.24. The van der Waals surface area contributed by atoms with Gasteiger partial charge in [0.15, 0.2) is 0 Å². The largest absolute Gasteiger partial charge is 0.382 e. The average Bonchev–Trinajstić information content (AvgIpc) is 3.16. The van der Waals surface area contributed by atoms with Crippen LogP contribution in [0.3, 0.4) is 0 Å². The van der Waals surface area contributed by atoms with Crippen molar-refractivity contribution in [3.8, 4) is 5.75 Å². The third-order valence-electron chi connectivity index (χ3n) is 5.06. The molecule has 4 aromatic rings. The van der Waals surface area contributed by atoms with Crippen LogP contribution >= 0.6 is 0 Å². The molecule has 0 spiro atoms. The fraction of sp³-hybridized carbons (Fsp3) is 0.217. The van der Waals surface area contributed by atoms with Gasteiger partial charge in [0, 0.05) is 41.9 Å². The summed E-state index contributed by atoms with van der Waals surface area (Å²) in [6.07, 6.45) is 4.01. The Bertz CT molecular complexity index is 1370. The van der Waals surface area contributed by atoms with Crippen molar-refractivity contribution in [1.29, 1.82) is 0 Å². The molecule has 7 nitrogen and oxygen atoms in total. The summed E-state index contributed by atoms with van der Waals surface area (Å²) >= 11 is 0. The Balaban J connectivity index is 1.48. The molecule has 0 aliphatic heterocycles. The highest BCUT2D eigenvalue weighted by molar-refractivity contribution is 7.87. The number of hydrogen-bond donors (Lipinski definition) is 2. The van der Waals surface area contributed by atoms with Crippen LogP contribution < -0.4 is 9.50 Å².